The third-order valence-electron chi connectivity index (χ3n) is 5.39. The zero-order chi connectivity index (χ0) is 19.7. The van der Waals surface area contributed by atoms with Gasteiger partial charge in [-0.1, -0.05) is 11.6 Å². The topological polar surface area (TPSA) is 104 Å². The Labute approximate surface area is 161 Å². The second-order valence-corrected chi connectivity index (χ2v) is 7.32. The number of fused-ring (bicyclic) bond motifs is 1. The van der Waals surface area contributed by atoms with Gasteiger partial charge in [0, 0.05) is 40.0 Å². The van der Waals surface area contributed by atoms with Gasteiger partial charge in [0.2, 0.25) is 5.89 Å². The lowest BCUT2D eigenvalue weighted by molar-refractivity contribution is 0.223. The highest BCUT2D eigenvalue weighted by atomic mass is 16.5. The van der Waals surface area contributed by atoms with Crippen LogP contribution in [0.15, 0.2) is 20.4 Å². The van der Waals surface area contributed by atoms with Crippen LogP contribution in [0.1, 0.15) is 31.0 Å². The smallest absolute Gasteiger partial charge is 0.332 e. The minimum Gasteiger partial charge on any atom is -0.339 e. The molecule has 150 valence electrons. The Morgan fingerprint density at radius 1 is 1.04 bits per heavy atom. The predicted octanol–water partition coefficient (Wildman–Crippen LogP) is 0.0878. The van der Waals surface area contributed by atoms with Crippen molar-refractivity contribution in [2.45, 2.75) is 38.6 Å². The van der Waals surface area contributed by atoms with Gasteiger partial charge >= 0.3 is 5.69 Å². The van der Waals surface area contributed by atoms with E-state index in [2.05, 4.69) is 20.0 Å². The Bertz CT molecular complexity index is 1080. The van der Waals surface area contributed by atoms with Crippen LogP contribution in [-0.4, -0.2) is 53.4 Å². The second kappa shape index (κ2) is 7.70. The molecule has 0 radical (unpaired) electrons. The Morgan fingerprint density at radius 2 is 1.82 bits per heavy atom. The van der Waals surface area contributed by atoms with Gasteiger partial charge in [-0.15, -0.1) is 0 Å². The van der Waals surface area contributed by atoms with Gasteiger partial charge in [0.15, 0.2) is 17.0 Å². The molecule has 0 amide bonds. The number of rotatable bonds is 6. The summed E-state index contributed by atoms with van der Waals surface area (Å²) in [6.07, 6.45) is 6.69. The fraction of sp³-hybridized carbons (Fsp3) is 0.611. The number of aromatic nitrogens is 6. The van der Waals surface area contributed by atoms with Crippen molar-refractivity contribution < 1.29 is 4.52 Å². The third-order valence-corrected chi connectivity index (χ3v) is 5.39. The molecule has 0 spiro atoms. The quantitative estimate of drug-likeness (QED) is 0.590. The largest absolute Gasteiger partial charge is 0.339 e. The highest BCUT2D eigenvalue weighted by Gasteiger charge is 2.16. The standard InChI is InChI=1S/C18H25N7O3/c1-22-16-15(17(26)23(2)18(22)27)25(12-19-16)11-6-13-20-14(28-21-13)7-10-24-8-4-3-5-9-24/h12H,3-11H2,1-2H3. The first-order valence-electron chi connectivity index (χ1n) is 9.69. The first-order chi connectivity index (χ1) is 13.5. The van der Waals surface area contributed by atoms with Crippen LogP contribution < -0.4 is 11.2 Å². The van der Waals surface area contributed by atoms with Gasteiger partial charge in [-0.2, -0.15) is 4.98 Å². The highest BCUT2D eigenvalue weighted by Crippen LogP contribution is 2.10. The van der Waals surface area contributed by atoms with Crippen molar-refractivity contribution in [2.24, 2.45) is 14.1 Å². The molecule has 1 fully saturated rings. The minimum atomic E-state index is -0.390. The van der Waals surface area contributed by atoms with Crippen molar-refractivity contribution in [3.05, 3.63) is 38.9 Å². The number of hydrogen-bond donors (Lipinski definition) is 0. The summed E-state index contributed by atoms with van der Waals surface area (Å²) in [4.78, 5) is 35.6. The van der Waals surface area contributed by atoms with Crippen LogP contribution in [-0.2, 0) is 33.5 Å². The summed E-state index contributed by atoms with van der Waals surface area (Å²) in [6, 6.07) is 0. The molecule has 10 nitrogen and oxygen atoms in total. The van der Waals surface area contributed by atoms with E-state index >= 15 is 0 Å². The van der Waals surface area contributed by atoms with Crippen molar-refractivity contribution >= 4 is 11.2 Å². The van der Waals surface area contributed by atoms with Gasteiger partial charge in [0.1, 0.15) is 0 Å². The van der Waals surface area contributed by atoms with E-state index in [1.165, 1.54) is 30.9 Å². The number of imidazole rings is 1. The molecule has 4 rings (SSSR count). The normalized spacial score (nSPS) is 15.5. The fourth-order valence-electron chi connectivity index (χ4n) is 3.72. The van der Waals surface area contributed by atoms with E-state index in [1.54, 1.807) is 17.9 Å². The molecule has 1 aliphatic heterocycles. The Hall–Kier alpha value is -2.75. The summed E-state index contributed by atoms with van der Waals surface area (Å²) in [5.74, 6) is 1.26. The molecule has 3 aromatic heterocycles. The molecule has 0 aliphatic carbocycles. The van der Waals surface area contributed by atoms with Crippen molar-refractivity contribution in [3.8, 4) is 0 Å². The van der Waals surface area contributed by atoms with Crippen LogP contribution in [0.5, 0.6) is 0 Å². The number of piperidine rings is 1. The van der Waals surface area contributed by atoms with Crippen molar-refractivity contribution in [3.63, 3.8) is 0 Å². The van der Waals surface area contributed by atoms with Crippen molar-refractivity contribution in [1.82, 2.24) is 33.7 Å². The highest BCUT2D eigenvalue weighted by molar-refractivity contribution is 5.69. The van der Waals surface area contributed by atoms with E-state index < -0.39 is 0 Å². The maximum absolute atomic E-state index is 12.5. The zero-order valence-electron chi connectivity index (χ0n) is 16.3. The zero-order valence-corrected chi connectivity index (χ0v) is 16.3. The average molecular weight is 387 g/mol. The van der Waals surface area contributed by atoms with Gasteiger partial charge in [0.05, 0.1) is 6.33 Å². The molecule has 3 aromatic rings. The number of nitrogens with zero attached hydrogens (tertiary/aromatic N) is 7. The summed E-state index contributed by atoms with van der Waals surface area (Å²) in [7, 11) is 3.07. The van der Waals surface area contributed by atoms with Gasteiger partial charge in [0.25, 0.3) is 5.56 Å². The maximum atomic E-state index is 12.5. The second-order valence-electron chi connectivity index (χ2n) is 7.32. The molecule has 1 aliphatic rings. The van der Waals surface area contributed by atoms with Crippen LogP contribution in [0, 0.1) is 0 Å². The van der Waals surface area contributed by atoms with E-state index in [0.29, 0.717) is 35.8 Å². The minimum absolute atomic E-state index is 0.356. The molecule has 0 N–H and O–H groups in total. The van der Waals surface area contributed by atoms with Gasteiger partial charge in [-0.05, 0) is 25.9 Å². The summed E-state index contributed by atoms with van der Waals surface area (Å²) < 4.78 is 9.57. The number of aryl methyl sites for hydroxylation is 3. The van der Waals surface area contributed by atoms with Gasteiger partial charge < -0.3 is 14.0 Å². The van der Waals surface area contributed by atoms with Gasteiger partial charge in [-0.25, -0.2) is 9.78 Å². The molecule has 1 saturated heterocycles. The average Bonchev–Trinajstić information content (AvgIpc) is 3.35. The molecule has 0 aromatic carbocycles. The monoisotopic (exact) mass is 387 g/mol. The first-order valence-corrected chi connectivity index (χ1v) is 9.69. The maximum Gasteiger partial charge on any atom is 0.332 e. The van der Waals surface area contributed by atoms with Crippen molar-refractivity contribution in [1.29, 1.82) is 0 Å². The lowest BCUT2D eigenvalue weighted by atomic mass is 10.1. The molecule has 0 unspecified atom stereocenters. The van der Waals surface area contributed by atoms with Gasteiger partial charge in [-0.3, -0.25) is 13.9 Å². The molecule has 0 saturated carbocycles. The molecule has 28 heavy (non-hydrogen) atoms. The molecule has 0 bridgehead atoms. The van der Waals surface area contributed by atoms with Crippen molar-refractivity contribution in [2.75, 3.05) is 19.6 Å². The molecular weight excluding hydrogens is 362 g/mol. The van der Waals surface area contributed by atoms with E-state index in [-0.39, 0.29) is 11.2 Å². The third kappa shape index (κ3) is 3.51. The van der Waals surface area contributed by atoms with E-state index in [0.717, 1.165) is 30.6 Å². The Balaban J connectivity index is 1.43. The van der Waals surface area contributed by atoms with Crippen LogP contribution in [0.3, 0.4) is 0 Å². The van der Waals surface area contributed by atoms with E-state index in [1.807, 2.05) is 0 Å². The molecule has 10 heteroatoms. The summed E-state index contributed by atoms with van der Waals surface area (Å²) in [5.41, 5.74) is 0.0343. The summed E-state index contributed by atoms with van der Waals surface area (Å²) >= 11 is 0. The lowest BCUT2D eigenvalue weighted by Crippen LogP contribution is -2.37. The van der Waals surface area contributed by atoms with Crippen LogP contribution in [0.2, 0.25) is 0 Å². The lowest BCUT2D eigenvalue weighted by Gasteiger charge is -2.25. The van der Waals surface area contributed by atoms with E-state index in [4.69, 9.17) is 4.52 Å². The number of hydrogen-bond acceptors (Lipinski definition) is 7. The Morgan fingerprint density at radius 3 is 2.61 bits per heavy atom. The molecule has 0 atom stereocenters. The summed E-state index contributed by atoms with van der Waals surface area (Å²) in [5, 5.41) is 4.05. The summed E-state index contributed by atoms with van der Waals surface area (Å²) in [6.45, 7) is 3.71. The predicted molar refractivity (Wildman–Crippen MR) is 102 cm³/mol. The fourth-order valence-corrected chi connectivity index (χ4v) is 3.72. The molecule has 4 heterocycles. The molecular formula is C18H25N7O3. The SMILES string of the molecule is Cn1c(=O)c2c(ncn2CCc2noc(CCN3CCCCC3)n2)n(C)c1=O. The number of likely N-dealkylation sites (tertiary alicyclic amines) is 1. The van der Waals surface area contributed by atoms with Crippen LogP contribution in [0.4, 0.5) is 0 Å². The van der Waals surface area contributed by atoms with Crippen LogP contribution in [0.25, 0.3) is 11.2 Å². The van der Waals surface area contributed by atoms with Crippen LogP contribution >= 0.6 is 0 Å². The first kappa shape index (κ1) is 18.6. The van der Waals surface area contributed by atoms with E-state index in [9.17, 15) is 9.59 Å². The Kier molecular flexibility index (Phi) is 5.12.